The maximum atomic E-state index is 6.07. The van der Waals surface area contributed by atoms with E-state index in [1.54, 1.807) is 0 Å². The molecule has 4 heteroatoms. The van der Waals surface area contributed by atoms with Gasteiger partial charge in [-0.15, -0.1) is 0 Å². The molecule has 2 aromatic carbocycles. The number of thioether (sulfide) groups is 1. The van der Waals surface area contributed by atoms with Gasteiger partial charge >= 0.3 is 0 Å². The Morgan fingerprint density at radius 1 is 0.958 bits per heavy atom. The van der Waals surface area contributed by atoms with Crippen molar-refractivity contribution in [3.05, 3.63) is 64.1 Å². The topological polar surface area (TPSA) is 24.1 Å². The molecule has 0 aromatic heterocycles. The molecule has 1 saturated carbocycles. The van der Waals surface area contributed by atoms with Crippen LogP contribution in [0.25, 0.3) is 5.70 Å². The van der Waals surface area contributed by atoms with Crippen LogP contribution in [0, 0.1) is 0 Å². The molecule has 2 N–H and O–H groups in total. The first kappa shape index (κ1) is 15.9. The van der Waals surface area contributed by atoms with Crippen molar-refractivity contribution in [2.75, 3.05) is 5.32 Å². The summed E-state index contributed by atoms with van der Waals surface area (Å²) in [6.07, 6.45) is 6.56. The molecule has 4 rings (SSSR count). The van der Waals surface area contributed by atoms with Gasteiger partial charge in [0.2, 0.25) is 0 Å². The normalized spacial score (nSPS) is 18.0. The van der Waals surface area contributed by atoms with Crippen molar-refractivity contribution < 1.29 is 0 Å². The molecular weight excluding hydrogens is 336 g/mol. The first-order valence-corrected chi connectivity index (χ1v) is 9.80. The highest BCUT2D eigenvalue weighted by Crippen LogP contribution is 2.42. The van der Waals surface area contributed by atoms with Gasteiger partial charge < -0.3 is 10.6 Å². The fourth-order valence-corrected chi connectivity index (χ4v) is 4.58. The second-order valence-corrected chi connectivity index (χ2v) is 7.90. The van der Waals surface area contributed by atoms with E-state index in [9.17, 15) is 0 Å². The molecule has 0 atom stereocenters. The third-order valence-corrected chi connectivity index (χ3v) is 6.01. The minimum atomic E-state index is 0.579. The lowest BCUT2D eigenvalue weighted by molar-refractivity contribution is 0.402. The molecule has 1 fully saturated rings. The zero-order valence-electron chi connectivity index (χ0n) is 13.5. The van der Waals surface area contributed by atoms with Crippen molar-refractivity contribution in [1.29, 1.82) is 0 Å². The Labute approximate surface area is 152 Å². The van der Waals surface area contributed by atoms with E-state index < -0.39 is 0 Å². The molecule has 24 heavy (non-hydrogen) atoms. The summed E-state index contributed by atoms with van der Waals surface area (Å²) in [5.74, 6) is 0. The Morgan fingerprint density at radius 2 is 1.71 bits per heavy atom. The van der Waals surface area contributed by atoms with E-state index in [-0.39, 0.29) is 0 Å². The number of anilines is 1. The van der Waals surface area contributed by atoms with Crippen molar-refractivity contribution in [3.8, 4) is 0 Å². The molecule has 2 nitrogen and oxygen atoms in total. The van der Waals surface area contributed by atoms with Gasteiger partial charge in [-0.25, -0.2) is 0 Å². The third kappa shape index (κ3) is 3.42. The minimum absolute atomic E-state index is 0.579. The van der Waals surface area contributed by atoms with E-state index in [2.05, 4.69) is 47.0 Å². The zero-order valence-corrected chi connectivity index (χ0v) is 15.1. The lowest BCUT2D eigenvalue weighted by Gasteiger charge is -2.30. The molecule has 124 valence electrons. The van der Waals surface area contributed by atoms with Crippen LogP contribution in [0.2, 0.25) is 5.02 Å². The molecule has 0 spiro atoms. The summed E-state index contributed by atoms with van der Waals surface area (Å²) >= 11 is 7.90. The highest BCUT2D eigenvalue weighted by atomic mass is 35.5. The summed E-state index contributed by atoms with van der Waals surface area (Å²) in [6, 6.07) is 17.1. The van der Waals surface area contributed by atoms with Crippen molar-refractivity contribution in [1.82, 2.24) is 5.32 Å². The van der Waals surface area contributed by atoms with Gasteiger partial charge in [0.05, 0.1) is 16.4 Å². The lowest BCUT2D eigenvalue weighted by Crippen LogP contribution is -2.31. The largest absolute Gasteiger partial charge is 0.375 e. The summed E-state index contributed by atoms with van der Waals surface area (Å²) in [4.78, 5) is 1.27. The van der Waals surface area contributed by atoms with Crippen LogP contribution in [-0.2, 0) is 0 Å². The summed E-state index contributed by atoms with van der Waals surface area (Å²) in [5, 5.41) is 9.43. The molecule has 0 amide bonds. The number of rotatable bonds is 3. The van der Waals surface area contributed by atoms with E-state index in [0.29, 0.717) is 6.04 Å². The lowest BCUT2D eigenvalue weighted by atomic mass is 9.95. The van der Waals surface area contributed by atoms with Crippen molar-refractivity contribution in [2.45, 2.75) is 43.0 Å². The van der Waals surface area contributed by atoms with Gasteiger partial charge in [0, 0.05) is 21.5 Å². The maximum Gasteiger partial charge on any atom is 0.0978 e. The van der Waals surface area contributed by atoms with Gasteiger partial charge in [0.15, 0.2) is 0 Å². The van der Waals surface area contributed by atoms with Crippen LogP contribution in [0.15, 0.2) is 58.5 Å². The van der Waals surface area contributed by atoms with E-state index in [0.717, 1.165) is 10.7 Å². The maximum absolute atomic E-state index is 6.07. The van der Waals surface area contributed by atoms with Crippen LogP contribution in [0.1, 0.15) is 37.7 Å². The molecule has 1 aliphatic heterocycles. The van der Waals surface area contributed by atoms with E-state index in [4.69, 9.17) is 11.6 Å². The number of benzene rings is 2. The van der Waals surface area contributed by atoms with Crippen molar-refractivity contribution >= 4 is 34.7 Å². The van der Waals surface area contributed by atoms with Gasteiger partial charge in [-0.1, -0.05) is 66.9 Å². The number of halogens is 1. The Kier molecular flexibility index (Phi) is 4.72. The van der Waals surface area contributed by atoms with Crippen LogP contribution >= 0.6 is 23.4 Å². The van der Waals surface area contributed by atoms with Crippen LogP contribution in [0.5, 0.6) is 0 Å². The van der Waals surface area contributed by atoms with Crippen LogP contribution in [-0.4, -0.2) is 6.04 Å². The van der Waals surface area contributed by atoms with Gasteiger partial charge in [-0.2, -0.15) is 0 Å². The molecule has 0 bridgehead atoms. The summed E-state index contributed by atoms with van der Waals surface area (Å²) in [7, 11) is 0. The van der Waals surface area contributed by atoms with Gasteiger partial charge in [0.25, 0.3) is 0 Å². The van der Waals surface area contributed by atoms with Gasteiger partial charge in [-0.3, -0.25) is 0 Å². The number of para-hydroxylation sites is 1. The van der Waals surface area contributed by atoms with Crippen molar-refractivity contribution in [3.63, 3.8) is 0 Å². The molecule has 1 heterocycles. The molecule has 0 saturated heterocycles. The minimum Gasteiger partial charge on any atom is -0.375 e. The van der Waals surface area contributed by atoms with Gasteiger partial charge in [-0.05, 0) is 37.1 Å². The van der Waals surface area contributed by atoms with E-state index in [1.165, 1.54) is 53.3 Å². The average Bonchev–Trinajstić information content (AvgIpc) is 2.63. The standard InChI is InChI=1S/C20H21ClN2S/c21-15-12-10-14(11-13-15)19-20(22-16-6-2-1-3-7-16)24-18-9-5-4-8-17(18)23-19/h4-5,8-13,16,22-23H,1-3,6-7H2. The average molecular weight is 357 g/mol. The number of fused-ring (bicyclic) bond motifs is 1. The predicted octanol–water partition coefficient (Wildman–Crippen LogP) is 6.11. The highest BCUT2D eigenvalue weighted by Gasteiger charge is 2.22. The molecule has 0 unspecified atom stereocenters. The fourth-order valence-electron chi connectivity index (χ4n) is 3.37. The number of hydrogen-bond donors (Lipinski definition) is 2. The van der Waals surface area contributed by atoms with Gasteiger partial charge in [0.1, 0.15) is 0 Å². The summed E-state index contributed by atoms with van der Waals surface area (Å²) in [6.45, 7) is 0. The Bertz CT molecular complexity index is 748. The predicted molar refractivity (Wildman–Crippen MR) is 104 cm³/mol. The summed E-state index contributed by atoms with van der Waals surface area (Å²) < 4.78 is 0. The van der Waals surface area contributed by atoms with E-state index in [1.807, 2.05) is 23.9 Å². The Hall–Kier alpha value is -1.58. The molecular formula is C20H21ClN2S. The van der Waals surface area contributed by atoms with Crippen LogP contribution < -0.4 is 10.6 Å². The van der Waals surface area contributed by atoms with Crippen LogP contribution in [0.3, 0.4) is 0 Å². The van der Waals surface area contributed by atoms with E-state index >= 15 is 0 Å². The first-order valence-electron chi connectivity index (χ1n) is 8.60. The fraction of sp³-hybridized carbons (Fsp3) is 0.300. The Morgan fingerprint density at radius 3 is 2.50 bits per heavy atom. The summed E-state index contributed by atoms with van der Waals surface area (Å²) in [5.41, 5.74) is 3.49. The SMILES string of the molecule is Clc1ccc(C2=C(NC3CCCCC3)Sc3ccccc3N2)cc1. The second-order valence-electron chi connectivity index (χ2n) is 6.41. The molecule has 1 aliphatic carbocycles. The molecule has 2 aromatic rings. The third-order valence-electron chi connectivity index (χ3n) is 4.66. The number of nitrogens with one attached hydrogen (secondary N) is 2. The second kappa shape index (κ2) is 7.12. The Balaban J connectivity index is 1.68. The monoisotopic (exact) mass is 356 g/mol. The first-order chi connectivity index (χ1) is 11.8. The highest BCUT2D eigenvalue weighted by molar-refractivity contribution is 8.03. The quantitative estimate of drug-likeness (QED) is 0.694. The molecule has 0 radical (unpaired) electrons. The number of hydrogen-bond acceptors (Lipinski definition) is 3. The molecule has 2 aliphatic rings. The van der Waals surface area contributed by atoms with Crippen molar-refractivity contribution in [2.24, 2.45) is 0 Å². The smallest absolute Gasteiger partial charge is 0.0978 e. The van der Waals surface area contributed by atoms with Crippen LogP contribution in [0.4, 0.5) is 5.69 Å². The zero-order chi connectivity index (χ0) is 16.4.